The quantitative estimate of drug-likeness (QED) is 0.643. The van der Waals surface area contributed by atoms with E-state index >= 15 is 0 Å². The monoisotopic (exact) mass is 228 g/mol. The van der Waals surface area contributed by atoms with Crippen molar-refractivity contribution in [1.82, 2.24) is 4.98 Å². The van der Waals surface area contributed by atoms with E-state index in [1.54, 1.807) is 42.7 Å². The minimum absolute atomic E-state index is 0.135. The fourth-order valence-corrected chi connectivity index (χ4v) is 1.58. The van der Waals surface area contributed by atoms with Crippen molar-refractivity contribution in [3.63, 3.8) is 0 Å². The number of carbonyl (C=O) groups excluding carboxylic acids is 1. The number of rotatable bonds is 3. The molecule has 1 heterocycles. The third-order valence-corrected chi connectivity index (χ3v) is 2.47. The smallest absolute Gasteiger partial charge is 0.195 e. The van der Waals surface area contributed by atoms with Crippen molar-refractivity contribution >= 4 is 11.5 Å². The highest BCUT2D eigenvalue weighted by molar-refractivity contribution is 6.12. The number of ether oxygens (including phenoxy) is 1. The number of ketones is 1. The molecule has 1 aromatic carbocycles. The van der Waals surface area contributed by atoms with E-state index in [9.17, 15) is 4.79 Å². The first-order valence-corrected chi connectivity index (χ1v) is 5.11. The van der Waals surface area contributed by atoms with Crippen LogP contribution in [0.25, 0.3) is 0 Å². The Morgan fingerprint density at radius 3 is 2.59 bits per heavy atom. The third-order valence-electron chi connectivity index (χ3n) is 2.47. The SMILES string of the molecule is COc1cccc(C(=O)c2ccncc2)c1N. The fourth-order valence-electron chi connectivity index (χ4n) is 1.58. The Morgan fingerprint density at radius 2 is 1.94 bits per heavy atom. The van der Waals surface area contributed by atoms with Crippen LogP contribution < -0.4 is 10.5 Å². The van der Waals surface area contributed by atoms with Crippen LogP contribution in [-0.4, -0.2) is 17.9 Å². The van der Waals surface area contributed by atoms with Crippen molar-refractivity contribution in [2.75, 3.05) is 12.8 Å². The van der Waals surface area contributed by atoms with Gasteiger partial charge in [0.25, 0.3) is 0 Å². The summed E-state index contributed by atoms with van der Waals surface area (Å²) in [7, 11) is 1.52. The summed E-state index contributed by atoms with van der Waals surface area (Å²) < 4.78 is 5.08. The summed E-state index contributed by atoms with van der Waals surface area (Å²) in [5.41, 5.74) is 7.22. The Hall–Kier alpha value is -2.36. The van der Waals surface area contributed by atoms with Gasteiger partial charge in [-0.05, 0) is 24.3 Å². The van der Waals surface area contributed by atoms with Gasteiger partial charge in [0.2, 0.25) is 0 Å². The minimum Gasteiger partial charge on any atom is -0.495 e. The zero-order chi connectivity index (χ0) is 12.3. The van der Waals surface area contributed by atoms with Crippen LogP contribution in [0.5, 0.6) is 5.75 Å². The number of anilines is 1. The van der Waals surface area contributed by atoms with Gasteiger partial charge in [-0.15, -0.1) is 0 Å². The predicted molar refractivity (Wildman–Crippen MR) is 65.1 cm³/mol. The Balaban J connectivity index is 2.45. The molecule has 4 nitrogen and oxygen atoms in total. The molecule has 0 fully saturated rings. The highest BCUT2D eigenvalue weighted by atomic mass is 16.5. The highest BCUT2D eigenvalue weighted by Crippen LogP contribution is 2.26. The van der Waals surface area contributed by atoms with Crippen LogP contribution in [-0.2, 0) is 0 Å². The molecule has 2 aromatic rings. The van der Waals surface area contributed by atoms with Crippen LogP contribution in [0.3, 0.4) is 0 Å². The largest absolute Gasteiger partial charge is 0.495 e. The summed E-state index contributed by atoms with van der Waals surface area (Å²) in [5.74, 6) is 0.369. The van der Waals surface area contributed by atoms with Crippen molar-refractivity contribution in [2.45, 2.75) is 0 Å². The number of pyridine rings is 1. The van der Waals surface area contributed by atoms with Crippen molar-refractivity contribution in [3.05, 3.63) is 53.9 Å². The predicted octanol–water partition coefficient (Wildman–Crippen LogP) is 1.90. The van der Waals surface area contributed by atoms with Gasteiger partial charge in [0.1, 0.15) is 5.75 Å². The molecule has 0 aliphatic rings. The summed E-state index contributed by atoms with van der Waals surface area (Å²) in [6.07, 6.45) is 3.15. The van der Waals surface area contributed by atoms with Crippen molar-refractivity contribution in [3.8, 4) is 5.75 Å². The van der Waals surface area contributed by atoms with E-state index in [1.165, 1.54) is 7.11 Å². The maximum Gasteiger partial charge on any atom is 0.195 e. The zero-order valence-corrected chi connectivity index (χ0v) is 9.38. The Kier molecular flexibility index (Phi) is 3.05. The number of aromatic nitrogens is 1. The van der Waals surface area contributed by atoms with E-state index in [4.69, 9.17) is 10.5 Å². The number of hydrogen-bond donors (Lipinski definition) is 1. The highest BCUT2D eigenvalue weighted by Gasteiger charge is 2.14. The molecule has 0 aliphatic carbocycles. The van der Waals surface area contributed by atoms with E-state index in [0.29, 0.717) is 22.6 Å². The average molecular weight is 228 g/mol. The second-order valence-corrected chi connectivity index (χ2v) is 3.49. The molecule has 0 unspecified atom stereocenters. The molecular weight excluding hydrogens is 216 g/mol. The summed E-state index contributed by atoms with van der Waals surface area (Å²) in [4.78, 5) is 16.0. The number of methoxy groups -OCH3 is 1. The van der Waals surface area contributed by atoms with Crippen molar-refractivity contribution < 1.29 is 9.53 Å². The second-order valence-electron chi connectivity index (χ2n) is 3.49. The molecule has 0 saturated carbocycles. The Labute approximate surface area is 99.1 Å². The Morgan fingerprint density at radius 1 is 1.24 bits per heavy atom. The standard InChI is InChI=1S/C13H12N2O2/c1-17-11-4-2-3-10(12(11)14)13(16)9-5-7-15-8-6-9/h2-8H,14H2,1H3. The van der Waals surface area contributed by atoms with Crippen LogP contribution in [0.1, 0.15) is 15.9 Å². The zero-order valence-electron chi connectivity index (χ0n) is 9.38. The normalized spacial score (nSPS) is 9.94. The van der Waals surface area contributed by atoms with Crippen LogP contribution in [0.4, 0.5) is 5.69 Å². The maximum atomic E-state index is 12.2. The molecule has 0 radical (unpaired) electrons. The first-order valence-electron chi connectivity index (χ1n) is 5.11. The van der Waals surface area contributed by atoms with E-state index in [2.05, 4.69) is 4.98 Å². The Bertz CT molecular complexity index is 538. The van der Waals surface area contributed by atoms with Gasteiger partial charge in [0.05, 0.1) is 12.8 Å². The van der Waals surface area contributed by atoms with Gasteiger partial charge >= 0.3 is 0 Å². The molecule has 0 atom stereocenters. The summed E-state index contributed by atoms with van der Waals surface area (Å²) in [6, 6.07) is 8.45. The van der Waals surface area contributed by atoms with Gasteiger partial charge < -0.3 is 10.5 Å². The topological polar surface area (TPSA) is 65.2 Å². The molecule has 0 bridgehead atoms. The van der Waals surface area contributed by atoms with Gasteiger partial charge in [-0.2, -0.15) is 0 Å². The molecule has 1 aromatic heterocycles. The molecule has 0 saturated heterocycles. The molecule has 0 aliphatic heterocycles. The summed E-state index contributed by atoms with van der Waals surface area (Å²) in [5, 5.41) is 0. The number of nitrogens with zero attached hydrogens (tertiary/aromatic N) is 1. The van der Waals surface area contributed by atoms with Crippen molar-refractivity contribution in [1.29, 1.82) is 0 Å². The lowest BCUT2D eigenvalue weighted by atomic mass is 10.0. The number of hydrogen-bond acceptors (Lipinski definition) is 4. The first kappa shape index (κ1) is 11.1. The summed E-state index contributed by atoms with van der Waals surface area (Å²) >= 11 is 0. The number of para-hydroxylation sites is 1. The van der Waals surface area contributed by atoms with Crippen LogP contribution in [0.2, 0.25) is 0 Å². The molecule has 4 heteroatoms. The molecule has 2 rings (SSSR count). The molecule has 0 amide bonds. The molecule has 2 N–H and O–H groups in total. The molecular formula is C13H12N2O2. The van der Waals surface area contributed by atoms with Crippen molar-refractivity contribution in [2.24, 2.45) is 0 Å². The lowest BCUT2D eigenvalue weighted by Gasteiger charge is -2.08. The number of carbonyl (C=O) groups is 1. The van der Waals surface area contributed by atoms with Gasteiger partial charge in [0.15, 0.2) is 5.78 Å². The average Bonchev–Trinajstić information content (AvgIpc) is 2.39. The maximum absolute atomic E-state index is 12.2. The van der Waals surface area contributed by atoms with Gasteiger partial charge in [-0.1, -0.05) is 6.07 Å². The lowest BCUT2D eigenvalue weighted by Crippen LogP contribution is -2.06. The lowest BCUT2D eigenvalue weighted by molar-refractivity contribution is 0.103. The first-order chi connectivity index (χ1) is 8.24. The van der Waals surface area contributed by atoms with Gasteiger partial charge in [-0.3, -0.25) is 9.78 Å². The van der Waals surface area contributed by atoms with E-state index < -0.39 is 0 Å². The molecule has 86 valence electrons. The van der Waals surface area contributed by atoms with E-state index in [-0.39, 0.29) is 5.78 Å². The van der Waals surface area contributed by atoms with E-state index in [0.717, 1.165) is 0 Å². The molecule has 17 heavy (non-hydrogen) atoms. The molecule has 0 spiro atoms. The van der Waals surface area contributed by atoms with Gasteiger partial charge in [0, 0.05) is 23.5 Å². The van der Waals surface area contributed by atoms with Crippen LogP contribution >= 0.6 is 0 Å². The number of benzene rings is 1. The number of nitrogens with two attached hydrogens (primary N) is 1. The minimum atomic E-state index is -0.135. The second kappa shape index (κ2) is 4.65. The summed E-state index contributed by atoms with van der Waals surface area (Å²) in [6.45, 7) is 0. The van der Waals surface area contributed by atoms with Crippen LogP contribution in [0, 0.1) is 0 Å². The van der Waals surface area contributed by atoms with Crippen LogP contribution in [0.15, 0.2) is 42.7 Å². The van der Waals surface area contributed by atoms with Gasteiger partial charge in [-0.25, -0.2) is 0 Å². The number of nitrogen functional groups attached to an aromatic ring is 1. The fraction of sp³-hybridized carbons (Fsp3) is 0.0769. The third kappa shape index (κ3) is 2.10. The van der Waals surface area contributed by atoms with E-state index in [1.807, 2.05) is 0 Å².